The van der Waals surface area contributed by atoms with Crippen LogP contribution in [0.3, 0.4) is 0 Å². The van der Waals surface area contributed by atoms with Crippen LogP contribution in [0.25, 0.3) is 0 Å². The molecule has 1 N–H and O–H groups in total. The number of hydrogen-bond acceptors (Lipinski definition) is 4. The van der Waals surface area contributed by atoms with Gasteiger partial charge in [0.1, 0.15) is 12.1 Å². The average Bonchev–Trinajstić information content (AvgIpc) is 2.42. The van der Waals surface area contributed by atoms with Gasteiger partial charge < -0.3 is 15.0 Å². The van der Waals surface area contributed by atoms with E-state index in [9.17, 15) is 9.59 Å². The first kappa shape index (κ1) is 16.5. The molecule has 21 heavy (non-hydrogen) atoms. The van der Waals surface area contributed by atoms with Gasteiger partial charge in [-0.25, -0.2) is 4.79 Å². The summed E-state index contributed by atoms with van der Waals surface area (Å²) in [5.74, 6) is -0.287. The zero-order valence-electron chi connectivity index (χ0n) is 12.6. The molecule has 0 aliphatic carbocycles. The molecule has 0 aliphatic rings. The number of nitriles is 1. The molecular weight excluding hydrogens is 270 g/mol. The third-order valence-corrected chi connectivity index (χ3v) is 2.54. The largest absolute Gasteiger partial charge is 0.444 e. The molecule has 0 bridgehead atoms. The molecule has 0 heterocycles. The number of anilines is 1. The van der Waals surface area contributed by atoms with Crippen molar-refractivity contribution in [3.05, 3.63) is 29.8 Å². The number of carbonyl (C=O) groups excluding carboxylic acids is 2. The fourth-order valence-corrected chi connectivity index (χ4v) is 1.48. The van der Waals surface area contributed by atoms with E-state index < -0.39 is 11.7 Å². The van der Waals surface area contributed by atoms with Crippen LogP contribution in [0.1, 0.15) is 26.3 Å². The predicted molar refractivity (Wildman–Crippen MR) is 78.8 cm³/mol. The van der Waals surface area contributed by atoms with E-state index in [1.54, 1.807) is 52.1 Å². The number of amides is 2. The maximum absolute atomic E-state index is 12.0. The van der Waals surface area contributed by atoms with Gasteiger partial charge >= 0.3 is 6.09 Å². The summed E-state index contributed by atoms with van der Waals surface area (Å²) in [6.45, 7) is 5.08. The molecule has 0 radical (unpaired) electrons. The van der Waals surface area contributed by atoms with E-state index in [-0.39, 0.29) is 12.5 Å². The second-order valence-electron chi connectivity index (χ2n) is 5.47. The minimum atomic E-state index is -0.635. The Morgan fingerprint density at radius 2 is 1.86 bits per heavy atom. The minimum Gasteiger partial charge on any atom is -0.444 e. The second-order valence-corrected chi connectivity index (χ2v) is 5.47. The molecule has 112 valence electrons. The van der Waals surface area contributed by atoms with E-state index in [0.29, 0.717) is 11.3 Å². The summed E-state index contributed by atoms with van der Waals surface area (Å²) in [5, 5.41) is 11.1. The van der Waals surface area contributed by atoms with E-state index in [1.807, 2.05) is 6.07 Å². The second kappa shape index (κ2) is 6.75. The zero-order valence-corrected chi connectivity index (χ0v) is 12.6. The van der Waals surface area contributed by atoms with Gasteiger partial charge in [0.05, 0.1) is 11.6 Å². The van der Waals surface area contributed by atoms with Crippen molar-refractivity contribution in [2.24, 2.45) is 0 Å². The third-order valence-electron chi connectivity index (χ3n) is 2.54. The van der Waals surface area contributed by atoms with Crippen molar-refractivity contribution < 1.29 is 14.3 Å². The molecule has 0 aliphatic heterocycles. The highest BCUT2D eigenvalue weighted by Crippen LogP contribution is 2.13. The summed E-state index contributed by atoms with van der Waals surface area (Å²) in [6, 6.07) is 8.60. The molecule has 0 saturated heterocycles. The topological polar surface area (TPSA) is 82.4 Å². The van der Waals surface area contributed by atoms with E-state index in [2.05, 4.69) is 5.32 Å². The Balaban J connectivity index is 2.55. The number of benzene rings is 1. The smallest absolute Gasteiger partial charge is 0.408 e. The van der Waals surface area contributed by atoms with Gasteiger partial charge in [-0.1, -0.05) is 0 Å². The highest BCUT2D eigenvalue weighted by atomic mass is 16.6. The lowest BCUT2D eigenvalue weighted by molar-refractivity contribution is -0.117. The van der Waals surface area contributed by atoms with Crippen LogP contribution in [-0.2, 0) is 9.53 Å². The van der Waals surface area contributed by atoms with Gasteiger partial charge in [0.25, 0.3) is 0 Å². The summed E-state index contributed by atoms with van der Waals surface area (Å²) in [5.41, 5.74) is 0.558. The first-order valence-corrected chi connectivity index (χ1v) is 6.46. The Kier molecular flexibility index (Phi) is 5.30. The normalized spacial score (nSPS) is 10.4. The molecule has 1 aromatic rings. The number of hydrogen-bond donors (Lipinski definition) is 1. The molecule has 0 spiro atoms. The predicted octanol–water partition coefficient (Wildman–Crippen LogP) is 2.05. The fraction of sp³-hybridized carbons (Fsp3) is 0.400. The van der Waals surface area contributed by atoms with Crippen LogP contribution in [0.2, 0.25) is 0 Å². The van der Waals surface area contributed by atoms with E-state index in [0.717, 1.165) is 0 Å². The Labute approximate surface area is 124 Å². The summed E-state index contributed by atoms with van der Waals surface area (Å²) in [6.07, 6.45) is -0.635. The Hall–Kier alpha value is -2.55. The number of ether oxygens (including phenoxy) is 1. The van der Waals surface area contributed by atoms with Gasteiger partial charge in [-0.3, -0.25) is 4.79 Å². The average molecular weight is 289 g/mol. The Morgan fingerprint density at radius 1 is 1.29 bits per heavy atom. The fourth-order valence-electron chi connectivity index (χ4n) is 1.48. The van der Waals surface area contributed by atoms with Crippen molar-refractivity contribution >= 4 is 17.7 Å². The first-order chi connectivity index (χ1) is 9.73. The lowest BCUT2D eigenvalue weighted by Gasteiger charge is -2.21. The van der Waals surface area contributed by atoms with Gasteiger partial charge in [-0.2, -0.15) is 5.26 Å². The van der Waals surface area contributed by atoms with Crippen molar-refractivity contribution in [3.63, 3.8) is 0 Å². The minimum absolute atomic E-state index is 0.161. The van der Waals surface area contributed by atoms with Crippen LogP contribution in [0, 0.1) is 11.3 Å². The van der Waals surface area contributed by atoms with Gasteiger partial charge in [0.15, 0.2) is 0 Å². The maximum atomic E-state index is 12.0. The number of likely N-dealkylation sites (N-methyl/N-ethyl adjacent to an activating group) is 1. The van der Waals surface area contributed by atoms with Crippen LogP contribution in [0.15, 0.2) is 24.3 Å². The van der Waals surface area contributed by atoms with Crippen LogP contribution in [-0.4, -0.2) is 31.2 Å². The molecular formula is C15H19N3O3. The molecule has 0 aromatic heterocycles. The number of nitrogens with one attached hydrogen (secondary N) is 1. The van der Waals surface area contributed by atoms with Crippen molar-refractivity contribution in [3.8, 4) is 6.07 Å². The number of rotatable bonds is 3. The van der Waals surface area contributed by atoms with Gasteiger partial charge in [0, 0.05) is 12.7 Å². The van der Waals surface area contributed by atoms with Gasteiger partial charge in [-0.15, -0.1) is 0 Å². The van der Waals surface area contributed by atoms with Crippen LogP contribution in [0.5, 0.6) is 0 Å². The molecule has 6 heteroatoms. The Bertz CT molecular complexity index is 553. The zero-order chi connectivity index (χ0) is 16.0. The summed E-state index contributed by atoms with van der Waals surface area (Å²) < 4.78 is 5.05. The van der Waals surface area contributed by atoms with Crippen molar-refractivity contribution in [1.82, 2.24) is 5.32 Å². The number of carbonyl (C=O) groups is 2. The molecule has 2 amide bonds. The van der Waals surface area contributed by atoms with Crippen LogP contribution in [0.4, 0.5) is 10.5 Å². The van der Waals surface area contributed by atoms with Crippen molar-refractivity contribution in [1.29, 1.82) is 5.26 Å². The summed E-state index contributed by atoms with van der Waals surface area (Å²) in [7, 11) is 1.60. The third kappa shape index (κ3) is 5.53. The SMILES string of the molecule is CN(C(=O)CNC(=O)OC(C)(C)C)c1ccc(C#N)cc1. The van der Waals surface area contributed by atoms with Crippen molar-refractivity contribution in [2.75, 3.05) is 18.5 Å². The quantitative estimate of drug-likeness (QED) is 0.923. The van der Waals surface area contributed by atoms with E-state index in [4.69, 9.17) is 10.00 Å². The summed E-state index contributed by atoms with van der Waals surface area (Å²) in [4.78, 5) is 24.8. The summed E-state index contributed by atoms with van der Waals surface area (Å²) >= 11 is 0. The molecule has 6 nitrogen and oxygen atoms in total. The number of nitrogens with zero attached hydrogens (tertiary/aromatic N) is 2. The molecule has 0 saturated carbocycles. The van der Waals surface area contributed by atoms with Gasteiger partial charge in [-0.05, 0) is 45.0 Å². The first-order valence-electron chi connectivity index (χ1n) is 6.46. The van der Waals surface area contributed by atoms with E-state index in [1.165, 1.54) is 4.90 Å². The van der Waals surface area contributed by atoms with Crippen LogP contribution < -0.4 is 10.2 Å². The maximum Gasteiger partial charge on any atom is 0.408 e. The number of alkyl carbamates (subject to hydrolysis) is 1. The lowest BCUT2D eigenvalue weighted by atomic mass is 10.2. The van der Waals surface area contributed by atoms with Crippen molar-refractivity contribution in [2.45, 2.75) is 26.4 Å². The molecule has 1 aromatic carbocycles. The van der Waals surface area contributed by atoms with E-state index >= 15 is 0 Å². The lowest BCUT2D eigenvalue weighted by Crippen LogP contribution is -2.40. The van der Waals surface area contributed by atoms with Gasteiger partial charge in [0.2, 0.25) is 5.91 Å². The molecule has 0 fully saturated rings. The molecule has 0 unspecified atom stereocenters. The molecule has 0 atom stereocenters. The monoisotopic (exact) mass is 289 g/mol. The molecule has 1 rings (SSSR count). The van der Waals surface area contributed by atoms with Crippen LogP contribution >= 0.6 is 0 Å². The Morgan fingerprint density at radius 3 is 2.33 bits per heavy atom. The highest BCUT2D eigenvalue weighted by molar-refractivity contribution is 5.95. The highest BCUT2D eigenvalue weighted by Gasteiger charge is 2.18. The standard InChI is InChI=1S/C15H19N3O3/c1-15(2,3)21-14(20)17-10-13(19)18(4)12-7-5-11(9-16)6-8-12/h5-8H,10H2,1-4H3,(H,17,20).